The number of hydrogen-bond acceptors (Lipinski definition) is 2. The van der Waals surface area contributed by atoms with Gasteiger partial charge < -0.3 is 10.1 Å². The zero-order valence-electron chi connectivity index (χ0n) is 9.13. The van der Waals surface area contributed by atoms with Gasteiger partial charge in [0.25, 0.3) is 0 Å². The first-order valence-electron chi connectivity index (χ1n) is 5.23. The molecular weight excluding hydrogens is 209 g/mol. The van der Waals surface area contributed by atoms with Gasteiger partial charge in [0.1, 0.15) is 12.4 Å². The number of amides is 1. The predicted molar refractivity (Wildman–Crippen MR) is 57.5 cm³/mol. The van der Waals surface area contributed by atoms with E-state index in [4.69, 9.17) is 4.74 Å². The molecule has 1 amide bonds. The maximum Gasteiger partial charge on any atom is 0.246 e. The topological polar surface area (TPSA) is 38.3 Å². The molecule has 0 aliphatic carbocycles. The van der Waals surface area contributed by atoms with Gasteiger partial charge in [-0.15, -0.1) is 0 Å². The van der Waals surface area contributed by atoms with Crippen LogP contribution >= 0.6 is 0 Å². The van der Waals surface area contributed by atoms with E-state index in [0.29, 0.717) is 13.0 Å². The molecule has 1 aliphatic rings. The molecular formula is C12H14FNO2. The van der Waals surface area contributed by atoms with Crippen LogP contribution in [0.5, 0.6) is 0 Å². The lowest BCUT2D eigenvalue weighted by Gasteiger charge is -2.34. The first-order valence-corrected chi connectivity index (χ1v) is 5.23. The Labute approximate surface area is 93.6 Å². The molecule has 1 atom stereocenters. The van der Waals surface area contributed by atoms with E-state index in [1.165, 1.54) is 12.1 Å². The third-order valence-electron chi connectivity index (χ3n) is 2.68. The van der Waals surface area contributed by atoms with Crippen LogP contribution in [-0.2, 0) is 16.0 Å². The summed E-state index contributed by atoms with van der Waals surface area (Å²) >= 11 is 0. The number of nitrogens with one attached hydrogen (secondary N) is 1. The number of morpholine rings is 1. The van der Waals surface area contributed by atoms with Crippen molar-refractivity contribution in [3.63, 3.8) is 0 Å². The standard InChI is InChI=1S/C12H14FNO2/c1-12(8-14-11(15)7-16-12)6-9-3-2-4-10(13)5-9/h2-5H,6-8H2,1H3,(H,14,15). The molecule has 3 nitrogen and oxygen atoms in total. The van der Waals surface area contributed by atoms with E-state index in [-0.39, 0.29) is 18.3 Å². The Morgan fingerprint density at radius 2 is 2.38 bits per heavy atom. The van der Waals surface area contributed by atoms with Crippen LogP contribution in [0.25, 0.3) is 0 Å². The quantitative estimate of drug-likeness (QED) is 0.820. The summed E-state index contributed by atoms with van der Waals surface area (Å²) in [7, 11) is 0. The summed E-state index contributed by atoms with van der Waals surface area (Å²) < 4.78 is 18.5. The second kappa shape index (κ2) is 4.22. The van der Waals surface area contributed by atoms with Crippen molar-refractivity contribution in [1.82, 2.24) is 5.32 Å². The van der Waals surface area contributed by atoms with E-state index >= 15 is 0 Å². The minimum atomic E-state index is -0.443. The Morgan fingerprint density at radius 3 is 3.00 bits per heavy atom. The third-order valence-corrected chi connectivity index (χ3v) is 2.68. The fourth-order valence-corrected chi connectivity index (χ4v) is 1.82. The van der Waals surface area contributed by atoms with Gasteiger partial charge >= 0.3 is 0 Å². The van der Waals surface area contributed by atoms with Gasteiger partial charge in [-0.05, 0) is 24.6 Å². The summed E-state index contributed by atoms with van der Waals surface area (Å²) in [5.41, 5.74) is 0.431. The van der Waals surface area contributed by atoms with Gasteiger partial charge in [0.2, 0.25) is 5.91 Å². The first-order chi connectivity index (χ1) is 7.57. The molecule has 1 unspecified atom stereocenters. The molecule has 16 heavy (non-hydrogen) atoms. The summed E-state index contributed by atoms with van der Waals surface area (Å²) in [5.74, 6) is -0.349. The molecule has 4 heteroatoms. The normalized spacial score (nSPS) is 25.2. The van der Waals surface area contributed by atoms with E-state index in [0.717, 1.165) is 5.56 Å². The van der Waals surface area contributed by atoms with Gasteiger partial charge in [-0.25, -0.2) is 4.39 Å². The second-order valence-corrected chi connectivity index (χ2v) is 4.32. The minimum Gasteiger partial charge on any atom is -0.363 e. The van der Waals surface area contributed by atoms with E-state index in [2.05, 4.69) is 5.32 Å². The summed E-state index contributed by atoms with van der Waals surface area (Å²) in [6.07, 6.45) is 0.588. The maximum atomic E-state index is 13.0. The minimum absolute atomic E-state index is 0.0752. The van der Waals surface area contributed by atoms with Crippen molar-refractivity contribution in [2.24, 2.45) is 0 Å². The molecule has 1 fully saturated rings. The molecule has 1 aliphatic heterocycles. The van der Waals surface area contributed by atoms with Gasteiger partial charge in [0, 0.05) is 13.0 Å². The smallest absolute Gasteiger partial charge is 0.246 e. The van der Waals surface area contributed by atoms with Crippen LogP contribution in [0.2, 0.25) is 0 Å². The van der Waals surface area contributed by atoms with Gasteiger partial charge in [0.15, 0.2) is 0 Å². The van der Waals surface area contributed by atoms with Crippen molar-refractivity contribution in [3.8, 4) is 0 Å². The van der Waals surface area contributed by atoms with E-state index in [9.17, 15) is 9.18 Å². The number of carbonyl (C=O) groups is 1. The molecule has 2 rings (SSSR count). The number of halogens is 1. The Morgan fingerprint density at radius 1 is 1.56 bits per heavy atom. The summed E-state index contributed by atoms with van der Waals surface area (Å²) in [4.78, 5) is 11.0. The van der Waals surface area contributed by atoms with Crippen molar-refractivity contribution in [1.29, 1.82) is 0 Å². The second-order valence-electron chi connectivity index (χ2n) is 4.32. The zero-order valence-corrected chi connectivity index (χ0v) is 9.13. The molecule has 1 aromatic carbocycles. The Balaban J connectivity index is 2.06. The molecule has 0 saturated carbocycles. The number of hydrogen-bond donors (Lipinski definition) is 1. The highest BCUT2D eigenvalue weighted by molar-refractivity contribution is 5.78. The summed E-state index contributed by atoms with van der Waals surface area (Å²) in [6, 6.07) is 6.43. The highest BCUT2D eigenvalue weighted by Crippen LogP contribution is 2.19. The van der Waals surface area contributed by atoms with Crippen LogP contribution in [0.15, 0.2) is 24.3 Å². The molecule has 0 spiro atoms. The van der Waals surface area contributed by atoms with Crippen molar-refractivity contribution in [3.05, 3.63) is 35.6 Å². The Bertz CT molecular complexity index is 396. The molecule has 0 aromatic heterocycles. The highest BCUT2D eigenvalue weighted by atomic mass is 19.1. The number of benzene rings is 1. The van der Waals surface area contributed by atoms with Gasteiger partial charge in [-0.3, -0.25) is 4.79 Å². The molecule has 1 aromatic rings. The highest BCUT2D eigenvalue weighted by Gasteiger charge is 2.31. The van der Waals surface area contributed by atoms with Crippen LogP contribution in [0.4, 0.5) is 4.39 Å². The lowest BCUT2D eigenvalue weighted by atomic mass is 9.95. The monoisotopic (exact) mass is 223 g/mol. The largest absolute Gasteiger partial charge is 0.363 e. The maximum absolute atomic E-state index is 13.0. The van der Waals surface area contributed by atoms with Crippen molar-refractivity contribution in [2.45, 2.75) is 18.9 Å². The molecule has 1 N–H and O–H groups in total. The third kappa shape index (κ3) is 2.58. The van der Waals surface area contributed by atoms with E-state index in [1.807, 2.05) is 13.0 Å². The lowest BCUT2D eigenvalue weighted by molar-refractivity contribution is -0.141. The van der Waals surface area contributed by atoms with Crippen molar-refractivity contribution < 1.29 is 13.9 Å². The zero-order chi connectivity index (χ0) is 11.6. The average Bonchev–Trinajstić information content (AvgIpc) is 2.23. The van der Waals surface area contributed by atoms with Crippen LogP contribution in [0, 0.1) is 5.82 Å². The van der Waals surface area contributed by atoms with Crippen LogP contribution in [-0.4, -0.2) is 24.7 Å². The fourth-order valence-electron chi connectivity index (χ4n) is 1.82. The molecule has 0 radical (unpaired) electrons. The van der Waals surface area contributed by atoms with Crippen molar-refractivity contribution in [2.75, 3.05) is 13.2 Å². The Kier molecular flexibility index (Phi) is 2.92. The molecule has 86 valence electrons. The van der Waals surface area contributed by atoms with Gasteiger partial charge in [-0.1, -0.05) is 12.1 Å². The average molecular weight is 223 g/mol. The summed E-state index contributed by atoms with van der Waals surface area (Å²) in [6.45, 7) is 2.45. The number of carbonyl (C=O) groups excluding carboxylic acids is 1. The first kappa shape index (κ1) is 11.1. The van der Waals surface area contributed by atoms with Crippen LogP contribution in [0.3, 0.4) is 0 Å². The Hall–Kier alpha value is -1.42. The van der Waals surface area contributed by atoms with Gasteiger partial charge in [0.05, 0.1) is 5.60 Å². The SMILES string of the molecule is CC1(Cc2cccc(F)c2)CNC(=O)CO1. The fraction of sp³-hybridized carbons (Fsp3) is 0.417. The predicted octanol–water partition coefficient (Wildman–Crippen LogP) is 1.27. The number of rotatable bonds is 2. The lowest BCUT2D eigenvalue weighted by Crippen LogP contribution is -2.51. The van der Waals surface area contributed by atoms with Gasteiger partial charge in [-0.2, -0.15) is 0 Å². The summed E-state index contributed by atoms with van der Waals surface area (Å²) in [5, 5.41) is 2.75. The molecule has 1 heterocycles. The van der Waals surface area contributed by atoms with E-state index < -0.39 is 5.60 Å². The molecule has 1 saturated heterocycles. The van der Waals surface area contributed by atoms with E-state index in [1.54, 1.807) is 6.07 Å². The molecule has 0 bridgehead atoms. The van der Waals surface area contributed by atoms with Crippen LogP contribution in [0.1, 0.15) is 12.5 Å². The number of ether oxygens (including phenoxy) is 1. The van der Waals surface area contributed by atoms with Crippen LogP contribution < -0.4 is 5.32 Å². The van der Waals surface area contributed by atoms with Crippen molar-refractivity contribution >= 4 is 5.91 Å².